The summed E-state index contributed by atoms with van der Waals surface area (Å²) in [6, 6.07) is 8.28. The van der Waals surface area contributed by atoms with Gasteiger partial charge in [-0.3, -0.25) is 0 Å². The van der Waals surface area contributed by atoms with Crippen molar-refractivity contribution in [2.75, 3.05) is 6.54 Å². The van der Waals surface area contributed by atoms with Gasteiger partial charge in [-0.15, -0.1) is 0 Å². The standard InChI is InChI=1S/C14H23NO/c1-3-5-6-9-13-10-7-8-11-14(13)16-15-12-4-2/h7-8,10-11,15H,3-6,9,12H2,1-2H3. The molecule has 2 heteroatoms. The molecule has 90 valence electrons. The van der Waals surface area contributed by atoms with Crippen LogP contribution < -0.4 is 10.3 Å². The molecule has 1 aromatic rings. The third kappa shape index (κ3) is 4.67. The van der Waals surface area contributed by atoms with Gasteiger partial charge >= 0.3 is 0 Å². The summed E-state index contributed by atoms with van der Waals surface area (Å²) in [6.07, 6.45) is 5.98. The topological polar surface area (TPSA) is 21.3 Å². The molecule has 1 rings (SSSR count). The zero-order chi connectivity index (χ0) is 11.6. The average Bonchev–Trinajstić information content (AvgIpc) is 2.32. The first-order valence-corrected chi connectivity index (χ1v) is 6.36. The number of nitrogens with one attached hydrogen (secondary N) is 1. The van der Waals surface area contributed by atoms with Crippen LogP contribution in [0.2, 0.25) is 0 Å². The zero-order valence-corrected chi connectivity index (χ0v) is 10.5. The largest absolute Gasteiger partial charge is 0.408 e. The molecule has 1 aromatic carbocycles. The van der Waals surface area contributed by atoms with Gasteiger partial charge in [0.15, 0.2) is 0 Å². The van der Waals surface area contributed by atoms with Gasteiger partial charge in [-0.2, -0.15) is 5.48 Å². The molecule has 0 heterocycles. The molecule has 2 nitrogen and oxygen atoms in total. The van der Waals surface area contributed by atoms with Gasteiger partial charge in [0.25, 0.3) is 0 Å². The van der Waals surface area contributed by atoms with Crippen LogP contribution in [0.1, 0.15) is 45.1 Å². The van der Waals surface area contributed by atoms with E-state index >= 15 is 0 Å². The molecule has 0 amide bonds. The fourth-order valence-electron chi connectivity index (χ4n) is 1.61. The Hall–Kier alpha value is -1.02. The SMILES string of the molecule is CCCCCc1ccccc1ONCCC. The predicted molar refractivity (Wildman–Crippen MR) is 68.6 cm³/mol. The first kappa shape index (κ1) is 13.0. The monoisotopic (exact) mass is 221 g/mol. The number of hydrogen-bond acceptors (Lipinski definition) is 2. The smallest absolute Gasteiger partial charge is 0.150 e. The number of rotatable bonds is 8. The second-order valence-corrected chi connectivity index (χ2v) is 4.06. The van der Waals surface area contributed by atoms with Gasteiger partial charge < -0.3 is 4.84 Å². The van der Waals surface area contributed by atoms with Crippen LogP contribution in [0, 0.1) is 0 Å². The Morgan fingerprint density at radius 1 is 1.06 bits per heavy atom. The highest BCUT2D eigenvalue weighted by Gasteiger charge is 2.02. The van der Waals surface area contributed by atoms with Gasteiger partial charge in [0.05, 0.1) is 0 Å². The van der Waals surface area contributed by atoms with Crippen LogP contribution in [0.15, 0.2) is 24.3 Å². The molecule has 0 saturated carbocycles. The van der Waals surface area contributed by atoms with Crippen LogP contribution in [0.5, 0.6) is 5.75 Å². The lowest BCUT2D eigenvalue weighted by Crippen LogP contribution is -2.19. The molecule has 16 heavy (non-hydrogen) atoms. The maximum atomic E-state index is 5.56. The average molecular weight is 221 g/mol. The van der Waals surface area contributed by atoms with Crippen LogP contribution in [-0.4, -0.2) is 6.54 Å². The minimum absolute atomic E-state index is 0.892. The van der Waals surface area contributed by atoms with Crippen molar-refractivity contribution in [1.29, 1.82) is 0 Å². The molecule has 0 aliphatic rings. The van der Waals surface area contributed by atoms with Crippen molar-refractivity contribution >= 4 is 0 Å². The third-order valence-electron chi connectivity index (χ3n) is 2.56. The molecular formula is C14H23NO. The van der Waals surface area contributed by atoms with Gasteiger partial charge in [0.1, 0.15) is 5.75 Å². The molecule has 0 spiro atoms. The normalized spacial score (nSPS) is 10.4. The molecular weight excluding hydrogens is 198 g/mol. The van der Waals surface area contributed by atoms with E-state index in [-0.39, 0.29) is 0 Å². The Morgan fingerprint density at radius 2 is 1.88 bits per heavy atom. The van der Waals surface area contributed by atoms with Crippen LogP contribution in [0.3, 0.4) is 0 Å². The van der Waals surface area contributed by atoms with Crippen molar-refractivity contribution in [3.63, 3.8) is 0 Å². The molecule has 0 aromatic heterocycles. The summed E-state index contributed by atoms with van der Waals surface area (Å²) in [7, 11) is 0. The van der Waals surface area contributed by atoms with Crippen molar-refractivity contribution in [2.45, 2.75) is 46.0 Å². The summed E-state index contributed by atoms with van der Waals surface area (Å²) in [5.74, 6) is 0.979. The number of hydrogen-bond donors (Lipinski definition) is 1. The zero-order valence-electron chi connectivity index (χ0n) is 10.5. The first-order chi connectivity index (χ1) is 7.88. The van der Waals surface area contributed by atoms with E-state index in [9.17, 15) is 0 Å². The number of benzene rings is 1. The number of unbranched alkanes of at least 4 members (excludes halogenated alkanes) is 2. The molecule has 0 radical (unpaired) electrons. The Kier molecular flexibility index (Phi) is 6.66. The summed E-state index contributed by atoms with van der Waals surface area (Å²) in [5.41, 5.74) is 4.29. The summed E-state index contributed by atoms with van der Waals surface area (Å²) in [4.78, 5) is 5.56. The second kappa shape index (κ2) is 8.17. The maximum absolute atomic E-state index is 5.56. The van der Waals surface area contributed by atoms with E-state index in [0.717, 1.165) is 25.1 Å². The van der Waals surface area contributed by atoms with E-state index in [2.05, 4.69) is 31.5 Å². The molecule has 1 N–H and O–H groups in total. The predicted octanol–water partition coefficient (Wildman–Crippen LogP) is 3.71. The number of para-hydroxylation sites is 1. The van der Waals surface area contributed by atoms with Crippen molar-refractivity contribution in [1.82, 2.24) is 5.48 Å². The Morgan fingerprint density at radius 3 is 2.62 bits per heavy atom. The molecule has 0 saturated heterocycles. The Balaban J connectivity index is 2.46. The maximum Gasteiger partial charge on any atom is 0.150 e. The summed E-state index contributed by atoms with van der Waals surface area (Å²) in [6.45, 7) is 5.25. The Labute approximate surface area is 99.0 Å². The minimum Gasteiger partial charge on any atom is -0.408 e. The highest BCUT2D eigenvalue weighted by molar-refractivity contribution is 5.33. The van der Waals surface area contributed by atoms with Crippen LogP contribution in [0.25, 0.3) is 0 Å². The summed E-state index contributed by atoms with van der Waals surface area (Å²) >= 11 is 0. The summed E-state index contributed by atoms with van der Waals surface area (Å²) in [5, 5.41) is 0. The second-order valence-electron chi connectivity index (χ2n) is 4.06. The quantitative estimate of drug-likeness (QED) is 0.533. The molecule has 0 bridgehead atoms. The van der Waals surface area contributed by atoms with E-state index < -0.39 is 0 Å². The molecule has 0 fully saturated rings. The lowest BCUT2D eigenvalue weighted by molar-refractivity contribution is 0.194. The van der Waals surface area contributed by atoms with Gasteiger partial charge in [-0.25, -0.2) is 0 Å². The van der Waals surface area contributed by atoms with E-state index in [1.165, 1.54) is 24.8 Å². The lowest BCUT2D eigenvalue weighted by Gasteiger charge is -2.10. The van der Waals surface area contributed by atoms with Crippen molar-refractivity contribution < 1.29 is 4.84 Å². The minimum atomic E-state index is 0.892. The van der Waals surface area contributed by atoms with Gasteiger partial charge in [0.2, 0.25) is 0 Å². The van der Waals surface area contributed by atoms with Gasteiger partial charge in [-0.1, -0.05) is 44.9 Å². The van der Waals surface area contributed by atoms with Crippen LogP contribution >= 0.6 is 0 Å². The molecule has 0 unspecified atom stereocenters. The van der Waals surface area contributed by atoms with Crippen LogP contribution in [-0.2, 0) is 6.42 Å². The molecule has 0 aliphatic heterocycles. The fraction of sp³-hybridized carbons (Fsp3) is 0.571. The van der Waals surface area contributed by atoms with E-state index in [1.54, 1.807) is 0 Å². The Bertz CT molecular complexity index is 257. The fourth-order valence-corrected chi connectivity index (χ4v) is 1.61. The van der Waals surface area contributed by atoms with E-state index in [1.807, 2.05) is 12.1 Å². The van der Waals surface area contributed by atoms with E-state index in [0.29, 0.717) is 0 Å². The first-order valence-electron chi connectivity index (χ1n) is 6.36. The third-order valence-corrected chi connectivity index (χ3v) is 2.56. The molecule has 0 aliphatic carbocycles. The highest BCUT2D eigenvalue weighted by atomic mass is 16.6. The van der Waals surface area contributed by atoms with Crippen molar-refractivity contribution in [3.8, 4) is 5.75 Å². The van der Waals surface area contributed by atoms with Crippen molar-refractivity contribution in [3.05, 3.63) is 29.8 Å². The molecule has 0 atom stereocenters. The van der Waals surface area contributed by atoms with Crippen molar-refractivity contribution in [2.24, 2.45) is 0 Å². The van der Waals surface area contributed by atoms with Gasteiger partial charge in [0, 0.05) is 6.54 Å². The number of hydroxylamine groups is 1. The highest BCUT2D eigenvalue weighted by Crippen LogP contribution is 2.19. The van der Waals surface area contributed by atoms with Crippen LogP contribution in [0.4, 0.5) is 0 Å². The summed E-state index contributed by atoms with van der Waals surface area (Å²) < 4.78 is 0. The van der Waals surface area contributed by atoms with E-state index in [4.69, 9.17) is 4.84 Å². The van der Waals surface area contributed by atoms with Gasteiger partial charge in [-0.05, 0) is 30.9 Å². The number of aryl methyl sites for hydroxylation is 1. The lowest BCUT2D eigenvalue weighted by atomic mass is 10.1.